The van der Waals surface area contributed by atoms with Crippen LogP contribution in [0.2, 0.25) is 0 Å². The Bertz CT molecular complexity index is 1660. The van der Waals surface area contributed by atoms with Crippen molar-refractivity contribution in [3.63, 3.8) is 0 Å². The Morgan fingerprint density at radius 1 is 0.854 bits per heavy atom. The van der Waals surface area contributed by atoms with E-state index < -0.39 is 11.6 Å². The van der Waals surface area contributed by atoms with Crippen LogP contribution in [0.1, 0.15) is 35.1 Å². The number of carbonyl (C=O) groups is 2. The maximum atomic E-state index is 14.1. The fourth-order valence-corrected chi connectivity index (χ4v) is 6.23. The molecule has 2 amide bonds. The quantitative estimate of drug-likeness (QED) is 0.195. The summed E-state index contributed by atoms with van der Waals surface area (Å²) in [6.45, 7) is 2.33. The highest BCUT2D eigenvalue weighted by molar-refractivity contribution is 5.91. The lowest BCUT2D eigenvalue weighted by Crippen LogP contribution is -2.61. The van der Waals surface area contributed by atoms with Gasteiger partial charge in [0.2, 0.25) is 5.91 Å². The molecular formula is C35H33N3O3. The summed E-state index contributed by atoms with van der Waals surface area (Å²) in [7, 11) is 0. The summed E-state index contributed by atoms with van der Waals surface area (Å²) in [6.07, 6.45) is 1.66. The van der Waals surface area contributed by atoms with Gasteiger partial charge in [-0.3, -0.25) is 9.69 Å². The van der Waals surface area contributed by atoms with E-state index in [2.05, 4.69) is 34.6 Å². The van der Waals surface area contributed by atoms with Crippen molar-refractivity contribution < 1.29 is 14.7 Å². The maximum absolute atomic E-state index is 14.1. The van der Waals surface area contributed by atoms with E-state index in [1.165, 1.54) is 4.90 Å². The second-order valence-electron chi connectivity index (χ2n) is 10.9. The molecule has 5 aromatic rings. The van der Waals surface area contributed by atoms with Crippen molar-refractivity contribution in [1.29, 1.82) is 0 Å². The molecule has 0 aliphatic heterocycles. The molecule has 0 saturated carbocycles. The minimum atomic E-state index is -1.36. The fraction of sp³-hybridized carbons (Fsp3) is 0.200. The SMILES string of the molecule is CC(Cc1c[nH]c2ccccc12)(C(=O)NCCc1ccccc1)N(CC1c2ccccc2-c2ccccc21)C(=O)O. The van der Waals surface area contributed by atoms with Crippen molar-refractivity contribution >= 4 is 22.9 Å². The summed E-state index contributed by atoms with van der Waals surface area (Å²) >= 11 is 0. The van der Waals surface area contributed by atoms with Crippen molar-refractivity contribution in [3.8, 4) is 11.1 Å². The van der Waals surface area contributed by atoms with Crippen LogP contribution in [0, 0.1) is 0 Å². The molecule has 0 saturated heterocycles. The predicted octanol–water partition coefficient (Wildman–Crippen LogP) is 6.62. The second-order valence-corrected chi connectivity index (χ2v) is 10.9. The van der Waals surface area contributed by atoms with Crippen molar-refractivity contribution in [3.05, 3.63) is 132 Å². The van der Waals surface area contributed by atoms with Crippen LogP contribution in [-0.2, 0) is 17.6 Å². The molecule has 206 valence electrons. The Balaban J connectivity index is 1.36. The van der Waals surface area contributed by atoms with E-state index in [4.69, 9.17) is 0 Å². The minimum absolute atomic E-state index is 0.161. The molecule has 6 heteroatoms. The summed E-state index contributed by atoms with van der Waals surface area (Å²) in [5.74, 6) is -0.487. The first kappa shape index (κ1) is 26.4. The molecule has 0 bridgehead atoms. The topological polar surface area (TPSA) is 85.4 Å². The Hall–Kier alpha value is -4.84. The highest BCUT2D eigenvalue weighted by atomic mass is 16.4. The van der Waals surface area contributed by atoms with Crippen LogP contribution in [0.5, 0.6) is 0 Å². The molecule has 1 aliphatic rings. The van der Waals surface area contributed by atoms with E-state index in [0.29, 0.717) is 13.0 Å². The predicted molar refractivity (Wildman–Crippen MR) is 162 cm³/mol. The number of rotatable bonds is 9. The van der Waals surface area contributed by atoms with E-state index in [-0.39, 0.29) is 24.8 Å². The first-order valence-electron chi connectivity index (χ1n) is 14.0. The number of benzene rings is 4. The van der Waals surface area contributed by atoms with Crippen LogP contribution in [0.15, 0.2) is 109 Å². The normalized spacial score (nSPS) is 13.8. The number of carbonyl (C=O) groups excluding carboxylic acids is 1. The number of nitrogens with one attached hydrogen (secondary N) is 2. The monoisotopic (exact) mass is 543 g/mol. The molecule has 0 spiro atoms. The Morgan fingerprint density at radius 2 is 1.46 bits per heavy atom. The first-order valence-corrected chi connectivity index (χ1v) is 14.0. The molecule has 0 radical (unpaired) electrons. The zero-order valence-electron chi connectivity index (χ0n) is 23.0. The van der Waals surface area contributed by atoms with Gasteiger partial charge in [-0.15, -0.1) is 0 Å². The number of hydrogen-bond donors (Lipinski definition) is 3. The lowest BCUT2D eigenvalue weighted by Gasteiger charge is -2.40. The zero-order valence-corrected chi connectivity index (χ0v) is 23.0. The molecule has 1 unspecified atom stereocenters. The largest absolute Gasteiger partial charge is 0.465 e. The standard InChI is InChI=1S/C35H33N3O3/c1-35(21-25-22-37-32-18-10-9-13-26(25)32,33(39)36-20-19-24-11-3-2-4-12-24)38(34(40)41)23-31-29-16-7-5-14-27(29)28-15-6-8-17-30(28)31/h2-18,22,31,37H,19-21,23H2,1H3,(H,36,39)(H,40,41). The third kappa shape index (κ3) is 4.97. The van der Waals surface area contributed by atoms with Crippen LogP contribution < -0.4 is 5.32 Å². The van der Waals surface area contributed by atoms with E-state index in [0.717, 1.165) is 44.3 Å². The van der Waals surface area contributed by atoms with Gasteiger partial charge in [0.15, 0.2) is 0 Å². The van der Waals surface area contributed by atoms with Gasteiger partial charge < -0.3 is 15.4 Å². The Kier molecular flexibility index (Phi) is 7.06. The highest BCUT2D eigenvalue weighted by Gasteiger charge is 2.45. The summed E-state index contributed by atoms with van der Waals surface area (Å²) in [5.41, 5.74) is 6.00. The van der Waals surface area contributed by atoms with Crippen molar-refractivity contribution in [2.45, 2.75) is 31.2 Å². The summed E-state index contributed by atoms with van der Waals surface area (Å²) in [6, 6.07) is 34.2. The van der Waals surface area contributed by atoms with Crippen LogP contribution in [0.4, 0.5) is 4.79 Å². The van der Waals surface area contributed by atoms with Gasteiger partial charge in [-0.1, -0.05) is 97.1 Å². The molecule has 41 heavy (non-hydrogen) atoms. The molecule has 1 heterocycles. The van der Waals surface area contributed by atoms with Crippen LogP contribution in [-0.4, -0.2) is 45.6 Å². The number of fused-ring (bicyclic) bond motifs is 4. The third-order valence-electron chi connectivity index (χ3n) is 8.40. The van der Waals surface area contributed by atoms with Gasteiger partial charge in [0.05, 0.1) is 0 Å². The Labute approximate surface area is 239 Å². The number of aromatic amines is 1. The average Bonchev–Trinajstić information content (AvgIpc) is 3.55. The van der Waals surface area contributed by atoms with Crippen LogP contribution >= 0.6 is 0 Å². The summed E-state index contributed by atoms with van der Waals surface area (Å²) in [4.78, 5) is 31.8. The molecule has 6 nitrogen and oxygen atoms in total. The van der Waals surface area contributed by atoms with Crippen molar-refractivity contribution in [2.24, 2.45) is 0 Å². The van der Waals surface area contributed by atoms with Crippen LogP contribution in [0.25, 0.3) is 22.0 Å². The van der Waals surface area contributed by atoms with Gasteiger partial charge in [0.1, 0.15) is 5.54 Å². The fourth-order valence-electron chi connectivity index (χ4n) is 6.23. The molecule has 1 atom stereocenters. The van der Waals surface area contributed by atoms with E-state index in [1.807, 2.05) is 85.1 Å². The maximum Gasteiger partial charge on any atom is 0.408 e. The zero-order chi connectivity index (χ0) is 28.4. The highest BCUT2D eigenvalue weighted by Crippen LogP contribution is 2.45. The Morgan fingerprint density at radius 3 is 2.15 bits per heavy atom. The smallest absolute Gasteiger partial charge is 0.408 e. The average molecular weight is 544 g/mol. The molecule has 3 N–H and O–H groups in total. The van der Waals surface area contributed by atoms with Gasteiger partial charge in [-0.05, 0) is 52.8 Å². The number of nitrogens with zero attached hydrogens (tertiary/aromatic N) is 1. The van der Waals surface area contributed by atoms with E-state index >= 15 is 0 Å². The summed E-state index contributed by atoms with van der Waals surface area (Å²) in [5, 5.41) is 14.8. The number of carboxylic acid groups (broad SMARTS) is 1. The van der Waals surface area contributed by atoms with Gasteiger partial charge in [0.25, 0.3) is 0 Å². The summed E-state index contributed by atoms with van der Waals surface area (Å²) < 4.78 is 0. The number of amides is 2. The minimum Gasteiger partial charge on any atom is -0.465 e. The number of aromatic nitrogens is 1. The molecular weight excluding hydrogens is 510 g/mol. The first-order chi connectivity index (χ1) is 20.0. The lowest BCUT2D eigenvalue weighted by molar-refractivity contribution is -0.131. The van der Waals surface area contributed by atoms with Crippen molar-refractivity contribution in [1.82, 2.24) is 15.2 Å². The van der Waals surface area contributed by atoms with Gasteiger partial charge in [-0.2, -0.15) is 0 Å². The van der Waals surface area contributed by atoms with Gasteiger partial charge in [-0.25, -0.2) is 4.79 Å². The molecule has 1 aliphatic carbocycles. The van der Waals surface area contributed by atoms with E-state index in [9.17, 15) is 14.7 Å². The number of H-pyrrole nitrogens is 1. The molecule has 0 fully saturated rings. The number of para-hydroxylation sites is 1. The van der Waals surface area contributed by atoms with E-state index in [1.54, 1.807) is 6.92 Å². The molecule has 1 aromatic heterocycles. The number of hydrogen-bond acceptors (Lipinski definition) is 2. The van der Waals surface area contributed by atoms with Crippen LogP contribution in [0.3, 0.4) is 0 Å². The third-order valence-corrected chi connectivity index (χ3v) is 8.40. The van der Waals surface area contributed by atoms with Gasteiger partial charge >= 0.3 is 6.09 Å². The lowest BCUT2D eigenvalue weighted by atomic mass is 9.87. The molecule has 6 rings (SSSR count). The molecule has 4 aromatic carbocycles. The van der Waals surface area contributed by atoms with Gasteiger partial charge in [0, 0.05) is 42.5 Å². The second kappa shape index (κ2) is 11.0. The van der Waals surface area contributed by atoms with Crippen molar-refractivity contribution in [2.75, 3.05) is 13.1 Å².